The summed E-state index contributed by atoms with van der Waals surface area (Å²) in [5, 5.41) is 2.88. The van der Waals surface area contributed by atoms with E-state index in [1.807, 2.05) is 45.0 Å². The number of carbonyl (C=O) groups is 2. The summed E-state index contributed by atoms with van der Waals surface area (Å²) in [7, 11) is -1.28. The van der Waals surface area contributed by atoms with Gasteiger partial charge < -0.3 is 19.7 Å². The minimum atomic E-state index is -4.21. The number of halogens is 1. The van der Waals surface area contributed by atoms with Crippen LogP contribution in [0.2, 0.25) is 0 Å². The Hall–Kier alpha value is -3.57. The normalized spacial score (nSPS) is 12.0. The number of benzene rings is 3. The second kappa shape index (κ2) is 14.6. The van der Waals surface area contributed by atoms with Crippen LogP contribution in [0.4, 0.5) is 5.69 Å². The van der Waals surface area contributed by atoms with Crippen molar-refractivity contribution >= 4 is 43.5 Å². The summed E-state index contributed by atoms with van der Waals surface area (Å²) >= 11 is 3.42. The molecule has 0 heterocycles. The molecule has 0 saturated carbocycles. The number of hydrogen-bond donors (Lipinski definition) is 1. The zero-order valence-corrected chi connectivity index (χ0v) is 27.2. The van der Waals surface area contributed by atoms with Gasteiger partial charge in [0.05, 0.1) is 24.8 Å². The third-order valence-electron chi connectivity index (χ3n) is 6.66. The number of nitrogens with zero attached hydrogens (tertiary/aromatic N) is 2. The van der Waals surface area contributed by atoms with Crippen LogP contribution >= 0.6 is 15.9 Å². The second-order valence-electron chi connectivity index (χ2n) is 10.3. The van der Waals surface area contributed by atoms with Crippen LogP contribution in [0.1, 0.15) is 31.9 Å². The van der Waals surface area contributed by atoms with Crippen LogP contribution < -0.4 is 19.1 Å². The van der Waals surface area contributed by atoms with Crippen molar-refractivity contribution in [3.8, 4) is 11.5 Å². The maximum Gasteiger partial charge on any atom is 0.264 e. The van der Waals surface area contributed by atoms with E-state index in [4.69, 9.17) is 9.47 Å². The van der Waals surface area contributed by atoms with Crippen LogP contribution in [-0.2, 0) is 26.2 Å². The molecule has 1 unspecified atom stereocenters. The predicted octanol–water partition coefficient (Wildman–Crippen LogP) is 5.16. The molecule has 1 atom stereocenters. The Labute approximate surface area is 257 Å². The summed E-state index contributed by atoms with van der Waals surface area (Å²) in [5.74, 6) is 0.0630. The highest BCUT2D eigenvalue weighted by Crippen LogP contribution is 2.34. The van der Waals surface area contributed by atoms with Gasteiger partial charge in [-0.05, 0) is 61.7 Å². The third-order valence-corrected chi connectivity index (χ3v) is 8.98. The van der Waals surface area contributed by atoms with Gasteiger partial charge in [0.15, 0.2) is 11.5 Å². The molecule has 0 spiro atoms. The Morgan fingerprint density at radius 3 is 2.10 bits per heavy atom. The molecule has 226 valence electrons. The van der Waals surface area contributed by atoms with Gasteiger partial charge in [-0.3, -0.25) is 13.9 Å². The number of methoxy groups -OCH3 is 2. The molecule has 0 radical (unpaired) electrons. The van der Waals surface area contributed by atoms with Crippen molar-refractivity contribution in [2.45, 2.75) is 45.2 Å². The lowest BCUT2D eigenvalue weighted by Crippen LogP contribution is -2.51. The first-order chi connectivity index (χ1) is 19.9. The van der Waals surface area contributed by atoms with Gasteiger partial charge in [0.25, 0.3) is 10.0 Å². The molecule has 0 fully saturated rings. The van der Waals surface area contributed by atoms with Gasteiger partial charge in [0, 0.05) is 23.6 Å². The maximum absolute atomic E-state index is 14.1. The molecule has 0 saturated heterocycles. The first-order valence-electron chi connectivity index (χ1n) is 13.5. The van der Waals surface area contributed by atoms with Gasteiger partial charge in [0.1, 0.15) is 12.6 Å². The van der Waals surface area contributed by atoms with Gasteiger partial charge in [0.2, 0.25) is 11.8 Å². The number of rotatable bonds is 13. The second-order valence-corrected chi connectivity index (χ2v) is 13.1. The summed E-state index contributed by atoms with van der Waals surface area (Å²) in [6.07, 6.45) is 0. The number of anilines is 1. The summed E-state index contributed by atoms with van der Waals surface area (Å²) in [6.45, 7) is 7.46. The molecule has 42 heavy (non-hydrogen) atoms. The van der Waals surface area contributed by atoms with Crippen molar-refractivity contribution in [3.63, 3.8) is 0 Å². The molecule has 9 nitrogen and oxygen atoms in total. The highest BCUT2D eigenvalue weighted by Gasteiger charge is 2.33. The lowest BCUT2D eigenvalue weighted by molar-refractivity contribution is -0.139. The number of ether oxygens (including phenoxy) is 2. The fourth-order valence-electron chi connectivity index (χ4n) is 4.17. The minimum absolute atomic E-state index is 0.0258. The summed E-state index contributed by atoms with van der Waals surface area (Å²) in [4.78, 5) is 28.6. The van der Waals surface area contributed by atoms with Gasteiger partial charge >= 0.3 is 0 Å². The zero-order valence-electron chi connectivity index (χ0n) is 24.8. The molecule has 11 heteroatoms. The van der Waals surface area contributed by atoms with E-state index in [9.17, 15) is 18.0 Å². The van der Waals surface area contributed by atoms with E-state index < -0.39 is 28.5 Å². The first-order valence-corrected chi connectivity index (χ1v) is 15.7. The van der Waals surface area contributed by atoms with Gasteiger partial charge in [-0.2, -0.15) is 0 Å². The van der Waals surface area contributed by atoms with Crippen LogP contribution in [-0.4, -0.2) is 58.5 Å². The topological polar surface area (TPSA) is 105 Å². The van der Waals surface area contributed by atoms with Crippen molar-refractivity contribution in [2.24, 2.45) is 5.92 Å². The SMILES string of the molecule is COc1ccc(N(CC(=O)N(Cc2ccc(Br)cc2)C(C)C(=O)NCC(C)C)S(=O)(=O)c2ccc(C)cc2)cc1OC. The monoisotopic (exact) mass is 659 g/mol. The fourth-order valence-corrected chi connectivity index (χ4v) is 5.84. The standard InChI is InChI=1S/C31H38BrN3O6S/c1-21(2)18-33-31(37)23(4)34(19-24-9-11-25(32)12-10-24)30(36)20-35(26-13-16-28(40-5)29(17-26)41-6)42(38,39)27-14-7-22(3)8-15-27/h7-17,21,23H,18-20H2,1-6H3,(H,33,37). The lowest BCUT2D eigenvalue weighted by Gasteiger charge is -2.32. The molecular formula is C31H38BrN3O6S. The molecule has 0 aliphatic heterocycles. The Morgan fingerprint density at radius 1 is 0.905 bits per heavy atom. The van der Waals surface area contributed by atoms with E-state index in [-0.39, 0.29) is 29.0 Å². The predicted molar refractivity (Wildman–Crippen MR) is 167 cm³/mol. The van der Waals surface area contributed by atoms with Gasteiger partial charge in [-0.25, -0.2) is 8.42 Å². The molecule has 1 N–H and O–H groups in total. The van der Waals surface area contributed by atoms with Crippen molar-refractivity contribution in [3.05, 3.63) is 82.3 Å². The minimum Gasteiger partial charge on any atom is -0.493 e. The summed E-state index contributed by atoms with van der Waals surface area (Å²) < 4.78 is 40.7. The van der Waals surface area contributed by atoms with Crippen molar-refractivity contribution in [2.75, 3.05) is 31.6 Å². The van der Waals surface area contributed by atoms with E-state index in [0.29, 0.717) is 18.0 Å². The highest BCUT2D eigenvalue weighted by molar-refractivity contribution is 9.10. The van der Waals surface area contributed by atoms with E-state index in [1.54, 1.807) is 31.2 Å². The maximum atomic E-state index is 14.1. The Bertz CT molecular complexity index is 1480. The molecular weight excluding hydrogens is 622 g/mol. The van der Waals surface area contributed by atoms with E-state index in [2.05, 4.69) is 21.2 Å². The van der Waals surface area contributed by atoms with E-state index in [0.717, 1.165) is 19.9 Å². The number of hydrogen-bond acceptors (Lipinski definition) is 6. The van der Waals surface area contributed by atoms with Crippen LogP contribution in [0, 0.1) is 12.8 Å². The first kappa shape index (κ1) is 32.9. The van der Waals surface area contributed by atoms with Crippen LogP contribution in [0.5, 0.6) is 11.5 Å². The number of sulfonamides is 1. The smallest absolute Gasteiger partial charge is 0.264 e. The summed E-state index contributed by atoms with van der Waals surface area (Å²) in [6, 6.07) is 17.6. The average molecular weight is 661 g/mol. The number of amides is 2. The molecule has 3 aromatic carbocycles. The van der Waals surface area contributed by atoms with Crippen LogP contribution in [0.3, 0.4) is 0 Å². The molecule has 3 rings (SSSR count). The molecule has 0 aromatic heterocycles. The van der Waals surface area contributed by atoms with Gasteiger partial charge in [-0.1, -0.05) is 59.6 Å². The van der Waals surface area contributed by atoms with E-state index >= 15 is 0 Å². The highest BCUT2D eigenvalue weighted by atomic mass is 79.9. The Balaban J connectivity index is 2.07. The third kappa shape index (κ3) is 8.25. The van der Waals surface area contributed by atoms with Crippen molar-refractivity contribution in [1.29, 1.82) is 0 Å². The lowest BCUT2D eigenvalue weighted by atomic mass is 10.1. The Morgan fingerprint density at radius 2 is 1.52 bits per heavy atom. The largest absolute Gasteiger partial charge is 0.493 e. The van der Waals surface area contributed by atoms with Crippen LogP contribution in [0.15, 0.2) is 76.1 Å². The number of carbonyl (C=O) groups excluding carboxylic acids is 2. The molecule has 0 aliphatic rings. The molecule has 0 bridgehead atoms. The quantitative estimate of drug-likeness (QED) is 0.272. The summed E-state index contributed by atoms with van der Waals surface area (Å²) in [5.41, 5.74) is 1.89. The number of aryl methyl sites for hydroxylation is 1. The number of nitrogens with one attached hydrogen (secondary N) is 1. The average Bonchev–Trinajstić information content (AvgIpc) is 2.97. The van der Waals surface area contributed by atoms with Crippen molar-refractivity contribution in [1.82, 2.24) is 10.2 Å². The molecule has 3 aromatic rings. The van der Waals surface area contributed by atoms with Crippen LogP contribution in [0.25, 0.3) is 0 Å². The van der Waals surface area contributed by atoms with Gasteiger partial charge in [-0.15, -0.1) is 0 Å². The zero-order chi connectivity index (χ0) is 31.0. The fraction of sp³-hybridized carbons (Fsp3) is 0.355. The molecule has 0 aliphatic carbocycles. The van der Waals surface area contributed by atoms with Crippen molar-refractivity contribution < 1.29 is 27.5 Å². The Kier molecular flexibility index (Phi) is 11.4. The van der Waals surface area contributed by atoms with E-state index in [1.165, 1.54) is 37.3 Å². The molecule has 2 amide bonds.